The van der Waals surface area contributed by atoms with Crippen LogP contribution in [0, 0.1) is 0 Å². The summed E-state index contributed by atoms with van der Waals surface area (Å²) in [6, 6.07) is 0.0196. The molecule has 2 heterocycles. The molecule has 1 saturated heterocycles. The van der Waals surface area contributed by atoms with E-state index in [1.807, 2.05) is 0 Å². The van der Waals surface area contributed by atoms with Crippen LogP contribution in [0.5, 0.6) is 0 Å². The number of hydrogen-bond donors (Lipinski definition) is 0. The molecule has 0 aromatic carbocycles. The Morgan fingerprint density at radius 3 is 2.69 bits per heavy atom. The molecule has 2 atom stereocenters. The van der Waals surface area contributed by atoms with Crippen molar-refractivity contribution in [3.05, 3.63) is 21.9 Å². The van der Waals surface area contributed by atoms with Crippen molar-refractivity contribution >= 4 is 23.0 Å². The predicted octanol–water partition coefficient (Wildman–Crippen LogP) is 1.76. The lowest BCUT2D eigenvalue weighted by atomic mass is 10.2. The molecule has 0 spiro atoms. The predicted molar refractivity (Wildman–Crippen MR) is 48.1 cm³/mol. The molecule has 0 saturated carbocycles. The van der Waals surface area contributed by atoms with Crippen LogP contribution in [-0.4, -0.2) is 28.8 Å². The number of ketones is 1. The molecule has 1 aliphatic carbocycles. The molecule has 1 aromatic rings. The van der Waals surface area contributed by atoms with E-state index >= 15 is 0 Å². The average Bonchev–Trinajstić information content (AvgIpc) is 2.57. The Morgan fingerprint density at radius 1 is 1.38 bits per heavy atom. The Balaban J connectivity index is 1.93. The minimum absolute atomic E-state index is 0.368. The van der Waals surface area contributed by atoms with E-state index < -0.39 is 24.2 Å². The highest BCUT2D eigenvalue weighted by Crippen LogP contribution is 2.54. The van der Waals surface area contributed by atoms with Crippen molar-refractivity contribution in [1.29, 1.82) is 0 Å². The molecule has 16 heavy (non-hydrogen) atoms. The first-order valence-corrected chi connectivity index (χ1v) is 5.32. The summed E-state index contributed by atoms with van der Waals surface area (Å²) in [7, 11) is 0. The van der Waals surface area contributed by atoms with Crippen molar-refractivity contribution in [3.63, 3.8) is 0 Å². The van der Waals surface area contributed by atoms with Gasteiger partial charge < -0.3 is 4.90 Å². The Hall–Kier alpha value is -1.37. The number of halogens is 3. The van der Waals surface area contributed by atoms with Crippen molar-refractivity contribution in [2.75, 3.05) is 0 Å². The Bertz CT molecular complexity index is 507. The molecule has 2 aliphatic rings. The molecule has 84 valence electrons. The fraction of sp³-hybridized carbons (Fsp3) is 0.333. The van der Waals surface area contributed by atoms with Gasteiger partial charge in [-0.15, -0.1) is 11.3 Å². The normalized spacial score (nSPS) is 26.7. The van der Waals surface area contributed by atoms with E-state index in [9.17, 15) is 22.8 Å². The summed E-state index contributed by atoms with van der Waals surface area (Å²) in [6.07, 6.45) is -4.90. The van der Waals surface area contributed by atoms with Crippen LogP contribution in [0.2, 0.25) is 0 Å². The largest absolute Gasteiger partial charge is 0.471 e. The van der Waals surface area contributed by atoms with Gasteiger partial charge in [-0.25, -0.2) is 0 Å². The average molecular weight is 247 g/mol. The second-order valence-electron chi connectivity index (χ2n) is 3.67. The Labute approximate surface area is 91.5 Å². The molecule has 1 amide bonds. The van der Waals surface area contributed by atoms with E-state index in [1.165, 1.54) is 11.3 Å². The molecule has 3 nitrogen and oxygen atoms in total. The maximum atomic E-state index is 12.2. The van der Waals surface area contributed by atoms with Gasteiger partial charge in [-0.05, 0) is 17.0 Å². The summed E-state index contributed by atoms with van der Waals surface area (Å²) >= 11 is 1.21. The third kappa shape index (κ3) is 1.03. The SMILES string of the molecule is O=C1c2sccc2[C@@H]2[C@H]1N2C(=O)C(F)(F)F. The fourth-order valence-electron chi connectivity index (χ4n) is 2.11. The van der Waals surface area contributed by atoms with Crippen LogP contribution in [0.25, 0.3) is 0 Å². The number of amides is 1. The number of nitrogens with zero attached hydrogens (tertiary/aromatic N) is 1. The minimum Gasteiger partial charge on any atom is -0.312 e. The smallest absolute Gasteiger partial charge is 0.312 e. The molecular formula is C9H4F3NO2S. The number of thiophene rings is 1. The summed E-state index contributed by atoms with van der Waals surface area (Å²) in [5, 5.41) is 1.65. The van der Waals surface area contributed by atoms with Crippen molar-refractivity contribution in [2.24, 2.45) is 0 Å². The second-order valence-corrected chi connectivity index (χ2v) is 4.59. The number of hydrogen-bond acceptors (Lipinski definition) is 3. The molecular weight excluding hydrogens is 243 g/mol. The molecule has 0 bridgehead atoms. The first-order chi connectivity index (χ1) is 7.43. The van der Waals surface area contributed by atoms with Gasteiger partial charge in [0.1, 0.15) is 6.04 Å². The number of carbonyl (C=O) groups excluding carboxylic acids is 2. The molecule has 0 N–H and O–H groups in total. The topological polar surface area (TPSA) is 37.1 Å². The third-order valence-corrected chi connectivity index (χ3v) is 3.74. The maximum absolute atomic E-state index is 12.2. The van der Waals surface area contributed by atoms with E-state index in [0.717, 1.165) is 0 Å². The zero-order valence-electron chi connectivity index (χ0n) is 7.62. The summed E-state index contributed by atoms with van der Waals surface area (Å²) in [4.78, 5) is 23.7. The van der Waals surface area contributed by atoms with Crippen LogP contribution in [0.15, 0.2) is 11.4 Å². The van der Waals surface area contributed by atoms with E-state index in [1.54, 1.807) is 11.4 Å². The third-order valence-electron chi connectivity index (χ3n) is 2.79. The van der Waals surface area contributed by atoms with Crippen LogP contribution in [0.1, 0.15) is 21.3 Å². The van der Waals surface area contributed by atoms with Crippen LogP contribution < -0.4 is 0 Å². The molecule has 0 unspecified atom stereocenters. The van der Waals surface area contributed by atoms with Crippen LogP contribution in [0.3, 0.4) is 0 Å². The molecule has 3 rings (SSSR count). The first kappa shape index (κ1) is 9.83. The summed E-state index contributed by atoms with van der Waals surface area (Å²) in [5.74, 6) is -2.29. The highest BCUT2D eigenvalue weighted by atomic mass is 32.1. The number of alkyl halides is 3. The lowest BCUT2D eigenvalue weighted by Gasteiger charge is -2.09. The Kier molecular flexibility index (Phi) is 1.63. The van der Waals surface area contributed by atoms with E-state index in [0.29, 0.717) is 15.3 Å². The van der Waals surface area contributed by atoms with Crippen LogP contribution in [-0.2, 0) is 4.79 Å². The molecule has 1 aromatic heterocycles. The lowest BCUT2D eigenvalue weighted by molar-refractivity contribution is -0.180. The zero-order chi connectivity index (χ0) is 11.7. The minimum atomic E-state index is -4.90. The quantitative estimate of drug-likeness (QED) is 0.655. The van der Waals surface area contributed by atoms with Crippen LogP contribution >= 0.6 is 11.3 Å². The van der Waals surface area contributed by atoms with Crippen molar-refractivity contribution in [3.8, 4) is 0 Å². The summed E-state index contributed by atoms with van der Waals surface area (Å²) in [5.41, 5.74) is 0.553. The molecule has 1 fully saturated rings. The Morgan fingerprint density at radius 2 is 2.06 bits per heavy atom. The standard InChI is InChI=1S/C9H4F3NO2S/c10-9(11,12)8(15)13-4-3-1-2-16-7(3)6(14)5(4)13/h1-2,4-5H/t4-,5-,13?/m1/s1. The van der Waals surface area contributed by atoms with Gasteiger partial charge in [0.15, 0.2) is 5.78 Å². The fourth-order valence-corrected chi connectivity index (χ4v) is 3.02. The zero-order valence-corrected chi connectivity index (χ0v) is 8.43. The van der Waals surface area contributed by atoms with Gasteiger partial charge in [-0.1, -0.05) is 0 Å². The maximum Gasteiger partial charge on any atom is 0.471 e. The first-order valence-electron chi connectivity index (χ1n) is 4.44. The van der Waals surface area contributed by atoms with Gasteiger partial charge in [0, 0.05) is 0 Å². The molecule has 1 aliphatic heterocycles. The second kappa shape index (κ2) is 2.65. The van der Waals surface area contributed by atoms with Gasteiger partial charge >= 0.3 is 12.1 Å². The van der Waals surface area contributed by atoms with E-state index in [-0.39, 0.29) is 5.78 Å². The van der Waals surface area contributed by atoms with E-state index in [4.69, 9.17) is 0 Å². The van der Waals surface area contributed by atoms with Gasteiger partial charge in [0.2, 0.25) is 0 Å². The number of carbonyl (C=O) groups is 2. The van der Waals surface area contributed by atoms with Crippen molar-refractivity contribution in [2.45, 2.75) is 18.3 Å². The van der Waals surface area contributed by atoms with Crippen molar-refractivity contribution < 1.29 is 22.8 Å². The summed E-state index contributed by atoms with van der Waals surface area (Å²) in [6.45, 7) is 0. The van der Waals surface area contributed by atoms with Crippen LogP contribution in [0.4, 0.5) is 13.2 Å². The highest BCUT2D eigenvalue weighted by molar-refractivity contribution is 7.12. The number of rotatable bonds is 0. The monoisotopic (exact) mass is 247 g/mol. The number of Topliss-reactive ketones (excluding diaryl/α,β-unsaturated/α-hetero) is 1. The van der Waals surface area contributed by atoms with Gasteiger partial charge in [-0.3, -0.25) is 9.59 Å². The van der Waals surface area contributed by atoms with Gasteiger partial charge in [0.25, 0.3) is 0 Å². The van der Waals surface area contributed by atoms with Gasteiger partial charge in [-0.2, -0.15) is 13.2 Å². The molecule has 7 heteroatoms. The molecule has 0 radical (unpaired) electrons. The van der Waals surface area contributed by atoms with Crippen molar-refractivity contribution in [1.82, 2.24) is 4.90 Å². The number of fused-ring (bicyclic) bond motifs is 3. The van der Waals surface area contributed by atoms with E-state index in [2.05, 4.69) is 0 Å². The highest BCUT2D eigenvalue weighted by Gasteiger charge is 2.66. The summed E-state index contributed by atoms with van der Waals surface area (Å²) < 4.78 is 36.5. The van der Waals surface area contributed by atoms with Gasteiger partial charge in [0.05, 0.1) is 10.9 Å². The lowest BCUT2D eigenvalue weighted by Crippen LogP contribution is -2.33.